The lowest BCUT2D eigenvalue weighted by molar-refractivity contribution is 0.136. The Hall–Kier alpha value is -1.13. The van der Waals surface area contributed by atoms with Gasteiger partial charge >= 0.3 is 0 Å². The molecule has 1 aromatic rings. The molecule has 0 unspecified atom stereocenters. The first-order valence-electron chi connectivity index (χ1n) is 7.82. The Kier molecular flexibility index (Phi) is 5.59. The molecule has 1 aromatic carbocycles. The van der Waals surface area contributed by atoms with Gasteiger partial charge in [-0.05, 0) is 65.0 Å². The van der Waals surface area contributed by atoms with Crippen LogP contribution in [0.15, 0.2) is 24.3 Å². The molecule has 1 heterocycles. The number of thiocarbonyl (C=S) groups is 1. The predicted octanol–water partition coefficient (Wildman–Crippen LogP) is 3.50. The van der Waals surface area contributed by atoms with Gasteiger partial charge in [0.2, 0.25) is 0 Å². The van der Waals surface area contributed by atoms with Gasteiger partial charge in [0.05, 0.1) is 0 Å². The predicted molar refractivity (Wildman–Crippen MR) is 94.9 cm³/mol. The molecule has 0 radical (unpaired) electrons. The summed E-state index contributed by atoms with van der Waals surface area (Å²) in [5, 5.41) is 4.20. The fraction of sp³-hybridized carbons (Fsp3) is 0.588. The highest BCUT2D eigenvalue weighted by molar-refractivity contribution is 7.80. The molecule has 0 aromatic heterocycles. The average Bonchev–Trinajstić information content (AvgIpc) is 2.49. The van der Waals surface area contributed by atoms with Crippen LogP contribution in [0.1, 0.15) is 32.3 Å². The summed E-state index contributed by atoms with van der Waals surface area (Å²) in [7, 11) is 2.23. The zero-order chi connectivity index (χ0) is 15.4. The monoisotopic (exact) mass is 305 g/mol. The van der Waals surface area contributed by atoms with Gasteiger partial charge in [-0.25, -0.2) is 0 Å². The van der Waals surface area contributed by atoms with Crippen molar-refractivity contribution in [2.45, 2.75) is 45.7 Å². The molecular formula is C17H27N3S. The van der Waals surface area contributed by atoms with E-state index in [1.165, 1.54) is 18.4 Å². The lowest BCUT2D eigenvalue weighted by Gasteiger charge is -2.39. The first-order valence-corrected chi connectivity index (χ1v) is 8.22. The van der Waals surface area contributed by atoms with E-state index in [0.717, 1.165) is 23.9 Å². The Labute approximate surface area is 134 Å². The maximum absolute atomic E-state index is 5.55. The number of piperidine rings is 1. The first-order chi connectivity index (χ1) is 9.97. The molecule has 1 N–H and O–H groups in total. The molecule has 1 saturated heterocycles. The number of nitrogens with zero attached hydrogens (tertiary/aromatic N) is 2. The molecule has 1 aliphatic heterocycles. The number of aryl methyl sites for hydroxylation is 1. The summed E-state index contributed by atoms with van der Waals surface area (Å²) in [6.45, 7) is 8.70. The molecule has 4 heteroatoms. The van der Waals surface area contributed by atoms with Crippen molar-refractivity contribution in [3.8, 4) is 0 Å². The maximum atomic E-state index is 5.55. The second-order valence-electron chi connectivity index (χ2n) is 6.27. The fourth-order valence-electron chi connectivity index (χ4n) is 2.74. The summed E-state index contributed by atoms with van der Waals surface area (Å²) in [6.07, 6.45) is 2.37. The van der Waals surface area contributed by atoms with Crippen LogP contribution in [0.4, 0.5) is 5.69 Å². The number of hydrogen-bond donors (Lipinski definition) is 1. The topological polar surface area (TPSA) is 18.5 Å². The van der Waals surface area contributed by atoms with Crippen LogP contribution < -0.4 is 5.32 Å². The Morgan fingerprint density at radius 3 is 2.33 bits per heavy atom. The van der Waals surface area contributed by atoms with Gasteiger partial charge in [-0.15, -0.1) is 0 Å². The molecule has 116 valence electrons. The van der Waals surface area contributed by atoms with Gasteiger partial charge in [-0.3, -0.25) is 0 Å². The zero-order valence-electron chi connectivity index (χ0n) is 13.6. The van der Waals surface area contributed by atoms with E-state index in [9.17, 15) is 0 Å². The van der Waals surface area contributed by atoms with Crippen molar-refractivity contribution < 1.29 is 0 Å². The lowest BCUT2D eigenvalue weighted by atomic mass is 10.0. The summed E-state index contributed by atoms with van der Waals surface area (Å²) < 4.78 is 0. The standard InChI is InChI=1S/C17H27N3S/c1-13(2)19(4)16-9-11-20(12-10-16)17(21)18-15-7-5-14(3)6-8-15/h5-8,13,16H,9-12H2,1-4H3,(H,18,21). The molecule has 0 bridgehead atoms. The summed E-state index contributed by atoms with van der Waals surface area (Å²) in [6, 6.07) is 9.67. The molecular weight excluding hydrogens is 278 g/mol. The van der Waals surface area contributed by atoms with Crippen LogP contribution in [0, 0.1) is 6.92 Å². The summed E-state index contributed by atoms with van der Waals surface area (Å²) >= 11 is 5.55. The van der Waals surface area contributed by atoms with E-state index in [4.69, 9.17) is 12.2 Å². The Bertz CT molecular complexity index is 461. The molecule has 0 aliphatic carbocycles. The summed E-state index contributed by atoms with van der Waals surface area (Å²) in [5.41, 5.74) is 2.34. The van der Waals surface area contributed by atoms with Crippen LogP contribution in [-0.2, 0) is 0 Å². The van der Waals surface area contributed by atoms with E-state index in [2.05, 4.69) is 67.2 Å². The van der Waals surface area contributed by atoms with E-state index in [1.807, 2.05) is 0 Å². The maximum Gasteiger partial charge on any atom is 0.173 e. The lowest BCUT2D eigenvalue weighted by Crippen LogP contribution is -2.48. The minimum atomic E-state index is 0.610. The first kappa shape index (κ1) is 16.2. The van der Waals surface area contributed by atoms with E-state index < -0.39 is 0 Å². The zero-order valence-corrected chi connectivity index (χ0v) is 14.4. The van der Waals surface area contributed by atoms with Gasteiger partial charge in [0.25, 0.3) is 0 Å². The van der Waals surface area contributed by atoms with Crippen LogP contribution >= 0.6 is 12.2 Å². The van der Waals surface area contributed by atoms with Gasteiger partial charge in [0, 0.05) is 30.9 Å². The van der Waals surface area contributed by atoms with Crippen LogP contribution in [0.5, 0.6) is 0 Å². The number of rotatable bonds is 3. The Morgan fingerprint density at radius 1 is 1.24 bits per heavy atom. The van der Waals surface area contributed by atoms with Crippen LogP contribution in [0.3, 0.4) is 0 Å². The molecule has 21 heavy (non-hydrogen) atoms. The molecule has 1 fully saturated rings. The molecule has 1 aliphatic rings. The van der Waals surface area contributed by atoms with E-state index in [-0.39, 0.29) is 0 Å². The van der Waals surface area contributed by atoms with Gasteiger partial charge in [-0.2, -0.15) is 0 Å². The minimum Gasteiger partial charge on any atom is -0.349 e. The normalized spacial score (nSPS) is 16.6. The van der Waals surface area contributed by atoms with Crippen molar-refractivity contribution in [3.63, 3.8) is 0 Å². The number of likely N-dealkylation sites (tertiary alicyclic amines) is 1. The largest absolute Gasteiger partial charge is 0.349 e. The highest BCUT2D eigenvalue weighted by Crippen LogP contribution is 2.18. The number of benzene rings is 1. The Morgan fingerprint density at radius 2 is 1.81 bits per heavy atom. The second kappa shape index (κ2) is 7.23. The van der Waals surface area contributed by atoms with Crippen molar-refractivity contribution in [2.24, 2.45) is 0 Å². The number of nitrogens with one attached hydrogen (secondary N) is 1. The van der Waals surface area contributed by atoms with Crippen LogP contribution in [0.2, 0.25) is 0 Å². The fourth-order valence-corrected chi connectivity index (χ4v) is 3.04. The van der Waals surface area contributed by atoms with Gasteiger partial charge < -0.3 is 15.1 Å². The molecule has 0 amide bonds. The van der Waals surface area contributed by atoms with Gasteiger partial charge in [-0.1, -0.05) is 17.7 Å². The third kappa shape index (κ3) is 4.42. The van der Waals surface area contributed by atoms with Crippen molar-refractivity contribution in [1.29, 1.82) is 0 Å². The minimum absolute atomic E-state index is 0.610. The molecule has 0 saturated carbocycles. The van der Waals surface area contributed by atoms with E-state index in [1.54, 1.807) is 0 Å². The SMILES string of the molecule is Cc1ccc(NC(=S)N2CCC(N(C)C(C)C)CC2)cc1. The second-order valence-corrected chi connectivity index (χ2v) is 6.66. The van der Waals surface area contributed by atoms with Crippen LogP contribution in [-0.4, -0.2) is 47.1 Å². The quantitative estimate of drug-likeness (QED) is 0.861. The van der Waals surface area contributed by atoms with E-state index >= 15 is 0 Å². The van der Waals surface area contributed by atoms with Gasteiger partial charge in [0.1, 0.15) is 0 Å². The van der Waals surface area contributed by atoms with Crippen molar-refractivity contribution >= 4 is 23.0 Å². The third-order valence-electron chi connectivity index (χ3n) is 4.45. The van der Waals surface area contributed by atoms with E-state index in [0.29, 0.717) is 12.1 Å². The Balaban J connectivity index is 1.84. The third-order valence-corrected chi connectivity index (χ3v) is 4.81. The smallest absolute Gasteiger partial charge is 0.173 e. The number of anilines is 1. The highest BCUT2D eigenvalue weighted by atomic mass is 32.1. The van der Waals surface area contributed by atoms with Gasteiger partial charge in [0.15, 0.2) is 5.11 Å². The molecule has 0 atom stereocenters. The summed E-state index contributed by atoms with van der Waals surface area (Å²) in [5.74, 6) is 0. The van der Waals surface area contributed by atoms with Crippen molar-refractivity contribution in [1.82, 2.24) is 9.80 Å². The molecule has 0 spiro atoms. The molecule has 3 nitrogen and oxygen atoms in total. The summed E-state index contributed by atoms with van der Waals surface area (Å²) in [4.78, 5) is 4.77. The highest BCUT2D eigenvalue weighted by Gasteiger charge is 2.24. The van der Waals surface area contributed by atoms with Crippen molar-refractivity contribution in [3.05, 3.63) is 29.8 Å². The number of hydrogen-bond acceptors (Lipinski definition) is 2. The van der Waals surface area contributed by atoms with Crippen molar-refractivity contribution in [2.75, 3.05) is 25.5 Å². The average molecular weight is 305 g/mol. The molecule has 2 rings (SSSR count). The van der Waals surface area contributed by atoms with Crippen LogP contribution in [0.25, 0.3) is 0 Å².